The van der Waals surface area contributed by atoms with Crippen LogP contribution in [-0.4, -0.2) is 33.4 Å². The first-order valence-electron chi connectivity index (χ1n) is 8.97. The molecule has 1 saturated heterocycles. The van der Waals surface area contributed by atoms with Gasteiger partial charge in [0.15, 0.2) is 0 Å². The molecule has 5 heteroatoms. The highest BCUT2D eigenvalue weighted by molar-refractivity contribution is 5.94. The van der Waals surface area contributed by atoms with Crippen molar-refractivity contribution in [2.45, 2.75) is 38.6 Å². The predicted molar refractivity (Wildman–Crippen MR) is 94.1 cm³/mol. The average molecular weight is 334 g/mol. The number of hydrogen-bond acceptors (Lipinski definition) is 3. The maximum atomic E-state index is 12.7. The first kappa shape index (κ1) is 15.9. The molecule has 1 amide bonds. The molecule has 25 heavy (non-hydrogen) atoms. The van der Waals surface area contributed by atoms with Crippen molar-refractivity contribution in [2.24, 2.45) is 5.92 Å². The number of aryl methyl sites for hydroxylation is 1. The summed E-state index contributed by atoms with van der Waals surface area (Å²) in [4.78, 5) is 19.2. The van der Waals surface area contributed by atoms with Crippen molar-refractivity contribution in [3.8, 4) is 6.07 Å². The summed E-state index contributed by atoms with van der Waals surface area (Å²) >= 11 is 0. The highest BCUT2D eigenvalue weighted by atomic mass is 16.2. The van der Waals surface area contributed by atoms with Gasteiger partial charge in [0.05, 0.1) is 11.6 Å². The van der Waals surface area contributed by atoms with Crippen LogP contribution in [0.15, 0.2) is 30.5 Å². The zero-order valence-corrected chi connectivity index (χ0v) is 14.5. The summed E-state index contributed by atoms with van der Waals surface area (Å²) < 4.78 is 2.35. The summed E-state index contributed by atoms with van der Waals surface area (Å²) in [6, 6.07) is 9.07. The van der Waals surface area contributed by atoms with Crippen LogP contribution in [0.3, 0.4) is 0 Å². The standard InChI is InChI=1S/C20H22N4O/c1-14-11-22-19(17-5-6-17)24(14)13-16-7-8-23(12-16)20(25)18-4-2-3-15(9-18)10-21/h2-4,9,11,16-17H,5-8,12-13H2,1H3. The number of rotatable bonds is 4. The second kappa shape index (κ2) is 6.36. The van der Waals surface area contributed by atoms with Crippen LogP contribution in [0.25, 0.3) is 0 Å². The van der Waals surface area contributed by atoms with Crippen molar-refractivity contribution in [3.05, 3.63) is 53.1 Å². The van der Waals surface area contributed by atoms with Crippen LogP contribution in [0.4, 0.5) is 0 Å². The summed E-state index contributed by atoms with van der Waals surface area (Å²) in [5.74, 6) is 2.36. The van der Waals surface area contributed by atoms with Gasteiger partial charge in [0.1, 0.15) is 5.82 Å². The minimum atomic E-state index is 0.0318. The van der Waals surface area contributed by atoms with E-state index in [4.69, 9.17) is 5.26 Å². The zero-order valence-electron chi connectivity index (χ0n) is 14.5. The molecule has 1 aliphatic heterocycles. The Balaban J connectivity index is 1.44. The minimum Gasteiger partial charge on any atom is -0.338 e. The van der Waals surface area contributed by atoms with E-state index in [9.17, 15) is 4.79 Å². The molecular weight excluding hydrogens is 312 g/mol. The number of nitrogens with zero attached hydrogens (tertiary/aromatic N) is 4. The molecule has 2 fully saturated rings. The number of benzene rings is 1. The lowest BCUT2D eigenvalue weighted by atomic mass is 10.1. The smallest absolute Gasteiger partial charge is 0.253 e. The van der Waals surface area contributed by atoms with Gasteiger partial charge in [-0.05, 0) is 50.3 Å². The van der Waals surface area contributed by atoms with Crippen LogP contribution in [0.2, 0.25) is 0 Å². The molecule has 0 spiro atoms. The molecule has 1 unspecified atom stereocenters. The SMILES string of the molecule is Cc1cnc(C2CC2)n1CC1CCN(C(=O)c2cccc(C#N)c2)C1. The molecule has 2 heterocycles. The highest BCUT2D eigenvalue weighted by Gasteiger charge is 2.32. The summed E-state index contributed by atoms with van der Waals surface area (Å²) in [5, 5.41) is 9.01. The van der Waals surface area contributed by atoms with E-state index in [1.165, 1.54) is 24.4 Å². The lowest BCUT2D eigenvalue weighted by molar-refractivity contribution is 0.0786. The van der Waals surface area contributed by atoms with Gasteiger partial charge in [-0.25, -0.2) is 4.98 Å². The van der Waals surface area contributed by atoms with Crippen molar-refractivity contribution in [1.29, 1.82) is 5.26 Å². The van der Waals surface area contributed by atoms with Crippen molar-refractivity contribution in [1.82, 2.24) is 14.5 Å². The average Bonchev–Trinajstić information content (AvgIpc) is 3.27. The molecule has 2 aliphatic rings. The third-order valence-corrected chi connectivity index (χ3v) is 5.28. The lowest BCUT2D eigenvalue weighted by Gasteiger charge is -2.18. The topological polar surface area (TPSA) is 61.9 Å². The second-order valence-electron chi connectivity index (χ2n) is 7.24. The number of carbonyl (C=O) groups excluding carboxylic acids is 1. The Kier molecular flexibility index (Phi) is 4.04. The molecular formula is C20H22N4O. The largest absolute Gasteiger partial charge is 0.338 e. The Morgan fingerprint density at radius 1 is 1.36 bits per heavy atom. The van der Waals surface area contributed by atoms with E-state index in [1.807, 2.05) is 11.1 Å². The number of carbonyl (C=O) groups is 1. The predicted octanol–water partition coefficient (Wildman–Crippen LogP) is 3.10. The van der Waals surface area contributed by atoms with Crippen LogP contribution < -0.4 is 0 Å². The Morgan fingerprint density at radius 2 is 2.20 bits per heavy atom. The quantitative estimate of drug-likeness (QED) is 0.863. The molecule has 0 bridgehead atoms. The molecule has 5 nitrogen and oxygen atoms in total. The van der Waals surface area contributed by atoms with Gasteiger partial charge < -0.3 is 9.47 Å². The van der Waals surface area contributed by atoms with Crippen molar-refractivity contribution in [2.75, 3.05) is 13.1 Å². The lowest BCUT2D eigenvalue weighted by Crippen LogP contribution is -2.29. The van der Waals surface area contributed by atoms with Crippen molar-refractivity contribution >= 4 is 5.91 Å². The summed E-state index contributed by atoms with van der Waals surface area (Å²) in [7, 11) is 0. The molecule has 1 atom stereocenters. The molecule has 2 aromatic rings. The van der Waals surface area contributed by atoms with E-state index in [-0.39, 0.29) is 5.91 Å². The summed E-state index contributed by atoms with van der Waals surface area (Å²) in [6.45, 7) is 4.62. The first-order valence-corrected chi connectivity index (χ1v) is 8.97. The van der Waals surface area contributed by atoms with Crippen LogP contribution in [0, 0.1) is 24.2 Å². The fourth-order valence-corrected chi connectivity index (χ4v) is 3.71. The fourth-order valence-electron chi connectivity index (χ4n) is 3.71. The molecule has 1 aromatic carbocycles. The third-order valence-electron chi connectivity index (χ3n) is 5.28. The normalized spacial score (nSPS) is 19.8. The zero-order chi connectivity index (χ0) is 17.4. The number of nitriles is 1. The molecule has 1 saturated carbocycles. The van der Waals surface area contributed by atoms with Gasteiger partial charge in [0.25, 0.3) is 5.91 Å². The van der Waals surface area contributed by atoms with Crippen LogP contribution >= 0.6 is 0 Å². The van der Waals surface area contributed by atoms with Gasteiger partial charge in [-0.2, -0.15) is 5.26 Å². The summed E-state index contributed by atoms with van der Waals surface area (Å²) in [6.07, 6.45) is 5.49. The van der Waals surface area contributed by atoms with Crippen molar-refractivity contribution < 1.29 is 4.79 Å². The van der Waals surface area contributed by atoms with Crippen LogP contribution in [0.5, 0.6) is 0 Å². The number of likely N-dealkylation sites (tertiary alicyclic amines) is 1. The van der Waals surface area contributed by atoms with E-state index in [0.717, 1.165) is 26.1 Å². The fraction of sp³-hybridized carbons (Fsp3) is 0.450. The van der Waals surface area contributed by atoms with Crippen LogP contribution in [0.1, 0.15) is 52.6 Å². The summed E-state index contributed by atoms with van der Waals surface area (Å²) in [5.41, 5.74) is 2.36. The Labute approximate surface area is 147 Å². The van der Waals surface area contributed by atoms with Gasteiger partial charge in [-0.15, -0.1) is 0 Å². The number of amides is 1. The monoisotopic (exact) mass is 334 g/mol. The second-order valence-corrected chi connectivity index (χ2v) is 7.24. The third kappa shape index (κ3) is 3.17. The minimum absolute atomic E-state index is 0.0318. The Morgan fingerprint density at radius 3 is 2.96 bits per heavy atom. The molecule has 0 N–H and O–H groups in total. The van der Waals surface area contributed by atoms with Gasteiger partial charge in [0, 0.05) is 43.0 Å². The molecule has 128 valence electrons. The van der Waals surface area contributed by atoms with Crippen molar-refractivity contribution in [3.63, 3.8) is 0 Å². The number of hydrogen-bond donors (Lipinski definition) is 0. The highest BCUT2D eigenvalue weighted by Crippen LogP contribution is 2.40. The van der Waals surface area contributed by atoms with E-state index in [1.54, 1.807) is 24.3 Å². The van der Waals surface area contributed by atoms with E-state index < -0.39 is 0 Å². The van der Waals surface area contributed by atoms with E-state index >= 15 is 0 Å². The van der Waals surface area contributed by atoms with E-state index in [0.29, 0.717) is 23.0 Å². The van der Waals surface area contributed by atoms with Gasteiger partial charge >= 0.3 is 0 Å². The van der Waals surface area contributed by atoms with Gasteiger partial charge in [-0.3, -0.25) is 4.79 Å². The van der Waals surface area contributed by atoms with E-state index in [2.05, 4.69) is 22.5 Å². The molecule has 4 rings (SSSR count). The maximum Gasteiger partial charge on any atom is 0.253 e. The molecule has 0 radical (unpaired) electrons. The number of imidazole rings is 1. The molecule has 1 aliphatic carbocycles. The van der Waals surface area contributed by atoms with Crippen LogP contribution in [-0.2, 0) is 6.54 Å². The maximum absolute atomic E-state index is 12.7. The first-order chi connectivity index (χ1) is 12.2. The Bertz CT molecular complexity index is 844. The molecule has 1 aromatic heterocycles. The Hall–Kier alpha value is -2.61. The van der Waals surface area contributed by atoms with Gasteiger partial charge in [-0.1, -0.05) is 6.07 Å². The number of aromatic nitrogens is 2. The van der Waals surface area contributed by atoms with Gasteiger partial charge in [0.2, 0.25) is 0 Å².